The number of carbonyl (C=O) groups excluding carboxylic acids is 2. The molecule has 0 unspecified atom stereocenters. The molecule has 0 saturated carbocycles. The van der Waals surface area contributed by atoms with Gasteiger partial charge in [-0.3, -0.25) is 9.59 Å². The molecule has 0 aliphatic carbocycles. The summed E-state index contributed by atoms with van der Waals surface area (Å²) in [4.78, 5) is 29.2. The topological polar surface area (TPSA) is 76.0 Å². The number of rotatable bonds is 8. The maximum Gasteiger partial charge on any atom is 0.255 e. The number of benzene rings is 2. The third kappa shape index (κ3) is 4.83. The van der Waals surface area contributed by atoms with E-state index in [1.54, 1.807) is 12.1 Å². The number of anilines is 1. The summed E-state index contributed by atoms with van der Waals surface area (Å²) in [6.07, 6.45) is 2.36. The van der Waals surface area contributed by atoms with Crippen molar-refractivity contribution in [1.82, 2.24) is 14.9 Å². The van der Waals surface area contributed by atoms with Crippen molar-refractivity contribution in [3.63, 3.8) is 0 Å². The molecule has 0 aliphatic rings. The van der Waals surface area contributed by atoms with Crippen molar-refractivity contribution in [3.8, 4) is 0 Å². The zero-order chi connectivity index (χ0) is 20.8. The van der Waals surface area contributed by atoms with E-state index >= 15 is 0 Å². The summed E-state index contributed by atoms with van der Waals surface area (Å²) < 4.78 is 2.03. The van der Waals surface area contributed by atoms with E-state index in [-0.39, 0.29) is 17.7 Å². The van der Waals surface area contributed by atoms with Gasteiger partial charge in [0, 0.05) is 37.2 Å². The van der Waals surface area contributed by atoms with Gasteiger partial charge in [-0.25, -0.2) is 4.98 Å². The van der Waals surface area contributed by atoms with E-state index in [9.17, 15) is 9.59 Å². The zero-order valence-corrected chi connectivity index (χ0v) is 17.2. The molecule has 0 atom stereocenters. The number of aromatic nitrogens is 2. The molecule has 0 radical (unpaired) electrons. The molecule has 3 aromatic rings. The first kappa shape index (κ1) is 20.6. The largest absolute Gasteiger partial charge is 0.355 e. The van der Waals surface area contributed by atoms with E-state index in [1.165, 1.54) is 0 Å². The number of imidazole rings is 1. The average Bonchev–Trinajstić information content (AvgIpc) is 3.04. The van der Waals surface area contributed by atoms with Crippen LogP contribution in [-0.4, -0.2) is 27.9 Å². The molecule has 6 heteroatoms. The van der Waals surface area contributed by atoms with E-state index in [1.807, 2.05) is 61.9 Å². The molecule has 1 aromatic heterocycles. The van der Waals surface area contributed by atoms with Gasteiger partial charge in [0.25, 0.3) is 5.91 Å². The Kier molecular flexibility index (Phi) is 6.65. The fraction of sp³-hybridized carbons (Fsp3) is 0.348. The summed E-state index contributed by atoms with van der Waals surface area (Å²) in [5.74, 6) is 0.938. The fourth-order valence-electron chi connectivity index (χ4n) is 3.45. The van der Waals surface area contributed by atoms with Gasteiger partial charge in [0.1, 0.15) is 5.82 Å². The van der Waals surface area contributed by atoms with Gasteiger partial charge in [0.05, 0.1) is 11.0 Å². The van der Waals surface area contributed by atoms with Crippen LogP contribution < -0.4 is 10.6 Å². The molecule has 1 heterocycles. The minimum Gasteiger partial charge on any atom is -0.355 e. The van der Waals surface area contributed by atoms with Crippen molar-refractivity contribution in [1.29, 1.82) is 0 Å². The van der Waals surface area contributed by atoms with Crippen molar-refractivity contribution in [3.05, 3.63) is 59.9 Å². The number of carbonyl (C=O) groups is 2. The molecule has 0 saturated heterocycles. The van der Waals surface area contributed by atoms with Crippen LogP contribution in [0.5, 0.6) is 0 Å². The van der Waals surface area contributed by atoms with Crippen LogP contribution in [0.1, 0.15) is 42.9 Å². The molecule has 0 bridgehead atoms. The van der Waals surface area contributed by atoms with Gasteiger partial charge in [0.2, 0.25) is 5.91 Å². The molecular formula is C23H28N4O2. The SMILES string of the molecule is CCC(CC)C(=O)NCCc1nc2cc(NC(=O)c3ccccc3)ccc2n1C. The van der Waals surface area contributed by atoms with Crippen LogP contribution >= 0.6 is 0 Å². The van der Waals surface area contributed by atoms with E-state index in [2.05, 4.69) is 10.6 Å². The molecule has 29 heavy (non-hydrogen) atoms. The first-order valence-electron chi connectivity index (χ1n) is 10.1. The first-order chi connectivity index (χ1) is 14.0. The molecule has 6 nitrogen and oxygen atoms in total. The van der Waals surface area contributed by atoms with Crippen LogP contribution in [-0.2, 0) is 18.3 Å². The summed E-state index contributed by atoms with van der Waals surface area (Å²) in [6.45, 7) is 4.63. The predicted octanol–water partition coefficient (Wildman–Crippen LogP) is 3.92. The Hall–Kier alpha value is -3.15. The third-order valence-corrected chi connectivity index (χ3v) is 5.27. The normalized spacial score (nSPS) is 11.0. The van der Waals surface area contributed by atoms with Gasteiger partial charge in [-0.15, -0.1) is 0 Å². The summed E-state index contributed by atoms with van der Waals surface area (Å²) in [5.41, 5.74) is 3.13. The zero-order valence-electron chi connectivity index (χ0n) is 17.2. The summed E-state index contributed by atoms with van der Waals surface area (Å²) in [6, 6.07) is 14.8. The molecule has 0 spiro atoms. The Morgan fingerprint density at radius 1 is 1.07 bits per heavy atom. The van der Waals surface area contributed by atoms with Crippen molar-refractivity contribution in [2.75, 3.05) is 11.9 Å². The van der Waals surface area contributed by atoms with Crippen LogP contribution in [0.15, 0.2) is 48.5 Å². The van der Waals surface area contributed by atoms with Gasteiger partial charge in [-0.1, -0.05) is 32.0 Å². The second-order valence-electron chi connectivity index (χ2n) is 7.17. The molecule has 2 aromatic carbocycles. The highest BCUT2D eigenvalue weighted by molar-refractivity contribution is 6.04. The van der Waals surface area contributed by atoms with E-state index < -0.39 is 0 Å². The maximum atomic E-state index is 12.4. The molecular weight excluding hydrogens is 364 g/mol. The second-order valence-corrected chi connectivity index (χ2v) is 7.17. The molecule has 0 fully saturated rings. The Morgan fingerprint density at radius 2 is 1.79 bits per heavy atom. The number of nitrogens with zero attached hydrogens (tertiary/aromatic N) is 2. The highest BCUT2D eigenvalue weighted by Gasteiger charge is 2.14. The lowest BCUT2D eigenvalue weighted by Crippen LogP contribution is -2.32. The molecule has 2 amide bonds. The van der Waals surface area contributed by atoms with Crippen molar-refractivity contribution in [2.45, 2.75) is 33.1 Å². The lowest BCUT2D eigenvalue weighted by Gasteiger charge is -2.12. The van der Waals surface area contributed by atoms with Gasteiger partial charge in [0.15, 0.2) is 0 Å². The van der Waals surface area contributed by atoms with Gasteiger partial charge < -0.3 is 15.2 Å². The van der Waals surface area contributed by atoms with Crippen molar-refractivity contribution in [2.24, 2.45) is 13.0 Å². The minimum atomic E-state index is -0.148. The van der Waals surface area contributed by atoms with E-state index in [0.717, 1.165) is 29.7 Å². The average molecular weight is 393 g/mol. The van der Waals surface area contributed by atoms with Crippen LogP contribution in [0.25, 0.3) is 11.0 Å². The third-order valence-electron chi connectivity index (χ3n) is 5.27. The molecule has 0 aliphatic heterocycles. The van der Waals surface area contributed by atoms with Crippen LogP contribution in [0.3, 0.4) is 0 Å². The van der Waals surface area contributed by atoms with Crippen LogP contribution in [0.2, 0.25) is 0 Å². The number of amides is 2. The quantitative estimate of drug-likeness (QED) is 0.610. The molecule has 2 N–H and O–H groups in total. The first-order valence-corrected chi connectivity index (χ1v) is 10.1. The Morgan fingerprint density at radius 3 is 2.48 bits per heavy atom. The number of hydrogen-bond donors (Lipinski definition) is 2. The van der Waals surface area contributed by atoms with Crippen molar-refractivity contribution >= 4 is 28.5 Å². The van der Waals surface area contributed by atoms with Gasteiger partial charge in [-0.2, -0.15) is 0 Å². The summed E-state index contributed by atoms with van der Waals surface area (Å²) in [5, 5.41) is 5.93. The predicted molar refractivity (Wildman–Crippen MR) is 116 cm³/mol. The Balaban J connectivity index is 1.67. The summed E-state index contributed by atoms with van der Waals surface area (Å²) >= 11 is 0. The highest BCUT2D eigenvalue weighted by Crippen LogP contribution is 2.20. The minimum absolute atomic E-state index is 0.0752. The van der Waals surface area contributed by atoms with Crippen molar-refractivity contribution < 1.29 is 9.59 Å². The molecule has 3 rings (SSSR count). The van der Waals surface area contributed by atoms with E-state index in [0.29, 0.717) is 24.2 Å². The van der Waals surface area contributed by atoms with Gasteiger partial charge in [-0.05, 0) is 43.2 Å². The summed E-state index contributed by atoms with van der Waals surface area (Å²) in [7, 11) is 1.97. The van der Waals surface area contributed by atoms with E-state index in [4.69, 9.17) is 4.98 Å². The van der Waals surface area contributed by atoms with Crippen LogP contribution in [0.4, 0.5) is 5.69 Å². The maximum absolute atomic E-state index is 12.4. The number of hydrogen-bond acceptors (Lipinski definition) is 3. The number of nitrogens with one attached hydrogen (secondary N) is 2. The second kappa shape index (κ2) is 9.37. The Bertz CT molecular complexity index is 991. The lowest BCUT2D eigenvalue weighted by molar-refractivity contribution is -0.125. The number of aryl methyl sites for hydroxylation is 1. The highest BCUT2D eigenvalue weighted by atomic mass is 16.2. The van der Waals surface area contributed by atoms with Crippen LogP contribution in [0, 0.1) is 5.92 Å². The standard InChI is InChI=1S/C23H28N4O2/c1-4-16(5-2)22(28)24-14-13-21-26-19-15-18(11-12-20(19)27(21)3)25-23(29)17-9-7-6-8-10-17/h6-12,15-16H,4-5,13-14H2,1-3H3,(H,24,28)(H,25,29). The molecule has 152 valence electrons. The monoisotopic (exact) mass is 392 g/mol. The number of fused-ring (bicyclic) bond motifs is 1. The van der Waals surface area contributed by atoms with Gasteiger partial charge >= 0.3 is 0 Å². The lowest BCUT2D eigenvalue weighted by atomic mass is 10.0. The fourth-order valence-corrected chi connectivity index (χ4v) is 3.45. The Labute approximate surface area is 171 Å². The smallest absolute Gasteiger partial charge is 0.255 e.